The van der Waals surface area contributed by atoms with Crippen molar-refractivity contribution in [2.24, 2.45) is 5.92 Å². The van der Waals surface area contributed by atoms with Gasteiger partial charge in [0.25, 0.3) is 0 Å². The molecule has 0 heterocycles. The number of thioether (sulfide) groups is 1. The number of carbonyl (C=O) groups is 1. The van der Waals surface area contributed by atoms with Gasteiger partial charge in [-0.25, -0.2) is 0 Å². The normalized spacial score (nSPS) is 23.8. The van der Waals surface area contributed by atoms with Gasteiger partial charge in [-0.1, -0.05) is 44.9 Å². The topological polar surface area (TPSA) is 17.1 Å². The summed E-state index contributed by atoms with van der Waals surface area (Å²) in [6.07, 6.45) is 13.1. The first kappa shape index (κ1) is 12.5. The van der Waals surface area contributed by atoms with E-state index in [9.17, 15) is 4.79 Å². The first-order valence-electron chi connectivity index (χ1n) is 6.98. The molecule has 16 heavy (non-hydrogen) atoms. The maximum absolute atomic E-state index is 11.8. The number of rotatable bonds is 5. The van der Waals surface area contributed by atoms with E-state index in [0.29, 0.717) is 5.78 Å². The van der Waals surface area contributed by atoms with Crippen molar-refractivity contribution in [1.82, 2.24) is 0 Å². The quantitative estimate of drug-likeness (QED) is 0.716. The van der Waals surface area contributed by atoms with Crippen LogP contribution in [0.25, 0.3) is 0 Å². The molecular weight excluding hydrogens is 216 g/mol. The standard InChI is InChI=1S/C14H24OS/c15-13(10-12-6-4-5-7-12)11-16-14-8-2-1-3-9-14/h12,14H,1-11H2. The van der Waals surface area contributed by atoms with Gasteiger partial charge in [0.05, 0.1) is 5.75 Å². The van der Waals surface area contributed by atoms with E-state index in [2.05, 4.69) is 0 Å². The third-order valence-corrected chi connectivity index (χ3v) is 5.45. The number of Topliss-reactive ketones (excluding diaryl/α,β-unsaturated/α-hetero) is 1. The number of carbonyl (C=O) groups excluding carboxylic acids is 1. The minimum atomic E-state index is 0.516. The molecule has 0 atom stereocenters. The summed E-state index contributed by atoms with van der Waals surface area (Å²) in [7, 11) is 0. The maximum Gasteiger partial charge on any atom is 0.143 e. The van der Waals surface area contributed by atoms with Crippen LogP contribution in [-0.4, -0.2) is 16.8 Å². The van der Waals surface area contributed by atoms with Crippen molar-refractivity contribution in [2.75, 3.05) is 5.75 Å². The molecule has 0 aromatic heterocycles. The average molecular weight is 240 g/mol. The Morgan fingerprint density at radius 2 is 1.56 bits per heavy atom. The third-order valence-electron chi connectivity index (χ3n) is 4.02. The first-order valence-corrected chi connectivity index (χ1v) is 8.03. The molecule has 2 saturated carbocycles. The minimum Gasteiger partial charge on any atom is -0.299 e. The average Bonchev–Trinajstić information content (AvgIpc) is 2.81. The highest BCUT2D eigenvalue weighted by atomic mass is 32.2. The summed E-state index contributed by atoms with van der Waals surface area (Å²) in [6.45, 7) is 0. The largest absolute Gasteiger partial charge is 0.299 e. The van der Waals surface area contributed by atoms with E-state index in [1.807, 2.05) is 11.8 Å². The molecule has 2 aliphatic carbocycles. The summed E-state index contributed by atoms with van der Waals surface area (Å²) in [5.74, 6) is 2.04. The van der Waals surface area contributed by atoms with Crippen LogP contribution in [0.2, 0.25) is 0 Å². The summed E-state index contributed by atoms with van der Waals surface area (Å²) in [5.41, 5.74) is 0. The van der Waals surface area contributed by atoms with Gasteiger partial charge in [0.2, 0.25) is 0 Å². The molecule has 2 heteroatoms. The fourth-order valence-corrected chi connectivity index (χ4v) is 4.24. The molecule has 0 amide bonds. The highest BCUT2D eigenvalue weighted by Crippen LogP contribution is 2.30. The van der Waals surface area contributed by atoms with Crippen LogP contribution in [0.5, 0.6) is 0 Å². The van der Waals surface area contributed by atoms with Crippen molar-refractivity contribution in [3.8, 4) is 0 Å². The van der Waals surface area contributed by atoms with Gasteiger partial charge in [-0.05, 0) is 18.8 Å². The van der Waals surface area contributed by atoms with E-state index in [1.165, 1.54) is 57.8 Å². The van der Waals surface area contributed by atoms with E-state index in [4.69, 9.17) is 0 Å². The van der Waals surface area contributed by atoms with Crippen molar-refractivity contribution in [1.29, 1.82) is 0 Å². The van der Waals surface area contributed by atoms with Crippen molar-refractivity contribution >= 4 is 17.5 Å². The lowest BCUT2D eigenvalue weighted by molar-refractivity contribution is -0.117. The molecule has 0 N–H and O–H groups in total. The first-order chi connectivity index (χ1) is 7.84. The molecule has 1 nitrogen and oxygen atoms in total. The van der Waals surface area contributed by atoms with Gasteiger partial charge in [-0.2, -0.15) is 11.8 Å². The fraction of sp³-hybridized carbons (Fsp3) is 0.929. The molecule has 0 aromatic carbocycles. The second-order valence-corrected chi connectivity index (χ2v) is 6.75. The lowest BCUT2D eigenvalue weighted by atomic mass is 10.0. The van der Waals surface area contributed by atoms with Gasteiger partial charge in [0, 0.05) is 11.7 Å². The lowest BCUT2D eigenvalue weighted by Crippen LogP contribution is -2.13. The Hall–Kier alpha value is 0.0200. The van der Waals surface area contributed by atoms with E-state index in [-0.39, 0.29) is 0 Å². The van der Waals surface area contributed by atoms with E-state index in [0.717, 1.165) is 23.3 Å². The Morgan fingerprint density at radius 1 is 0.938 bits per heavy atom. The van der Waals surface area contributed by atoms with Gasteiger partial charge in [-0.3, -0.25) is 4.79 Å². The monoisotopic (exact) mass is 240 g/mol. The summed E-state index contributed by atoms with van der Waals surface area (Å²) in [4.78, 5) is 11.8. The summed E-state index contributed by atoms with van der Waals surface area (Å²) in [5, 5.41) is 0.793. The molecule has 2 fully saturated rings. The zero-order valence-corrected chi connectivity index (χ0v) is 11.1. The van der Waals surface area contributed by atoms with E-state index >= 15 is 0 Å². The Kier molecular flexibility index (Phi) is 5.21. The van der Waals surface area contributed by atoms with Gasteiger partial charge < -0.3 is 0 Å². The van der Waals surface area contributed by atoms with Crippen LogP contribution in [-0.2, 0) is 4.79 Å². The van der Waals surface area contributed by atoms with Crippen LogP contribution in [0, 0.1) is 5.92 Å². The Morgan fingerprint density at radius 3 is 2.25 bits per heavy atom. The molecule has 0 unspecified atom stereocenters. The lowest BCUT2D eigenvalue weighted by Gasteiger charge is -2.20. The zero-order chi connectivity index (χ0) is 11.2. The van der Waals surface area contributed by atoms with Crippen LogP contribution in [0.4, 0.5) is 0 Å². The second kappa shape index (κ2) is 6.68. The highest BCUT2D eigenvalue weighted by molar-refractivity contribution is 8.00. The Balaban J connectivity index is 1.59. The molecule has 0 bridgehead atoms. The van der Waals surface area contributed by atoms with Crippen LogP contribution in [0.15, 0.2) is 0 Å². The number of hydrogen-bond acceptors (Lipinski definition) is 2. The SMILES string of the molecule is O=C(CSC1CCCCC1)CC1CCCC1. The van der Waals surface area contributed by atoms with Crippen LogP contribution in [0.1, 0.15) is 64.2 Å². The molecule has 2 rings (SSSR count). The van der Waals surface area contributed by atoms with Crippen molar-refractivity contribution in [3.63, 3.8) is 0 Å². The molecule has 0 saturated heterocycles. The van der Waals surface area contributed by atoms with Crippen LogP contribution >= 0.6 is 11.8 Å². The van der Waals surface area contributed by atoms with Crippen molar-refractivity contribution in [3.05, 3.63) is 0 Å². The molecule has 2 aliphatic rings. The predicted octanol–water partition coefficient (Wildman–Crippen LogP) is 4.20. The van der Waals surface area contributed by atoms with Gasteiger partial charge >= 0.3 is 0 Å². The number of hydrogen-bond donors (Lipinski definition) is 0. The molecule has 0 spiro atoms. The van der Waals surface area contributed by atoms with Gasteiger partial charge in [0.1, 0.15) is 5.78 Å². The van der Waals surface area contributed by atoms with Crippen molar-refractivity contribution in [2.45, 2.75) is 69.5 Å². The third kappa shape index (κ3) is 4.12. The minimum absolute atomic E-state index is 0.516. The van der Waals surface area contributed by atoms with E-state index in [1.54, 1.807) is 0 Å². The molecular formula is C14H24OS. The molecule has 0 aliphatic heterocycles. The van der Waals surface area contributed by atoms with Crippen LogP contribution in [0.3, 0.4) is 0 Å². The summed E-state index contributed by atoms with van der Waals surface area (Å²) < 4.78 is 0. The maximum atomic E-state index is 11.8. The molecule has 0 aromatic rings. The Labute approximate surface area is 104 Å². The molecule has 0 radical (unpaired) electrons. The molecule has 92 valence electrons. The summed E-state index contributed by atoms with van der Waals surface area (Å²) in [6, 6.07) is 0. The highest BCUT2D eigenvalue weighted by Gasteiger charge is 2.20. The second-order valence-electron chi connectivity index (χ2n) is 5.46. The smallest absolute Gasteiger partial charge is 0.143 e. The van der Waals surface area contributed by atoms with Gasteiger partial charge in [0.15, 0.2) is 0 Å². The van der Waals surface area contributed by atoms with Crippen molar-refractivity contribution < 1.29 is 4.79 Å². The fourth-order valence-electron chi connectivity index (χ4n) is 3.04. The summed E-state index contributed by atoms with van der Waals surface area (Å²) >= 11 is 1.94. The Bertz CT molecular complexity index is 215. The van der Waals surface area contributed by atoms with Gasteiger partial charge in [-0.15, -0.1) is 0 Å². The predicted molar refractivity (Wildman–Crippen MR) is 70.9 cm³/mol. The van der Waals surface area contributed by atoms with E-state index < -0.39 is 0 Å². The number of ketones is 1. The zero-order valence-electron chi connectivity index (χ0n) is 10.2. The van der Waals surface area contributed by atoms with Crippen LogP contribution < -0.4 is 0 Å².